The van der Waals surface area contributed by atoms with Crippen molar-refractivity contribution in [3.63, 3.8) is 0 Å². The van der Waals surface area contributed by atoms with Crippen molar-refractivity contribution in [1.29, 1.82) is 0 Å². The summed E-state index contributed by atoms with van der Waals surface area (Å²) in [7, 11) is 1.59. The Morgan fingerprint density at radius 2 is 1.71 bits per heavy atom. The maximum absolute atomic E-state index is 14.2. The topological polar surface area (TPSA) is 84.3 Å². The number of piperazine rings is 1. The highest BCUT2D eigenvalue weighted by Gasteiger charge is 2.56. The third-order valence-corrected chi connectivity index (χ3v) is 8.96. The van der Waals surface area contributed by atoms with E-state index in [9.17, 15) is 33.0 Å². The van der Waals surface area contributed by atoms with Crippen molar-refractivity contribution in [2.45, 2.75) is 71.3 Å². The van der Waals surface area contributed by atoms with Gasteiger partial charge in [-0.15, -0.1) is 0 Å². The van der Waals surface area contributed by atoms with Crippen LogP contribution < -0.4 is 0 Å². The third-order valence-electron chi connectivity index (χ3n) is 8.96. The summed E-state index contributed by atoms with van der Waals surface area (Å²) in [6.07, 6.45) is -3.68. The number of rotatable bonds is 7. The largest absolute Gasteiger partial charge is 0.416 e. The van der Waals surface area contributed by atoms with E-state index in [-0.39, 0.29) is 50.6 Å². The number of carbonyl (C=O) groups is 2. The number of hydrogen-bond acceptors (Lipinski definition) is 4. The van der Waals surface area contributed by atoms with Gasteiger partial charge in [-0.1, -0.05) is 35.4 Å². The maximum Gasteiger partial charge on any atom is 0.416 e. The lowest BCUT2D eigenvalue weighted by atomic mass is 9.77. The number of alkyl halides is 3. The summed E-state index contributed by atoms with van der Waals surface area (Å²) < 4.78 is 40.6. The number of fused-ring (bicyclic) bond motifs is 1. The van der Waals surface area contributed by atoms with E-state index in [1.54, 1.807) is 36.8 Å². The molecule has 2 saturated heterocycles. The molecule has 10 heteroatoms. The molecule has 2 N–H and O–H groups in total. The van der Waals surface area contributed by atoms with Gasteiger partial charge < -0.3 is 24.9 Å². The van der Waals surface area contributed by atoms with Gasteiger partial charge in [0.2, 0.25) is 5.91 Å². The van der Waals surface area contributed by atoms with E-state index in [0.29, 0.717) is 24.1 Å². The van der Waals surface area contributed by atoms with E-state index in [2.05, 4.69) is 0 Å². The number of carbonyl (C=O) groups excluding carboxylic acids is 2. The summed E-state index contributed by atoms with van der Waals surface area (Å²) in [5.41, 5.74) is 2.09. The zero-order chi connectivity index (χ0) is 30.3. The van der Waals surface area contributed by atoms with E-state index >= 15 is 0 Å². The van der Waals surface area contributed by atoms with Crippen molar-refractivity contribution >= 4 is 11.9 Å². The van der Waals surface area contributed by atoms with Crippen molar-refractivity contribution in [2.75, 3.05) is 33.4 Å². The number of aliphatic hydroxyl groups excluding tert-OH is 2. The average molecular weight is 576 g/mol. The van der Waals surface area contributed by atoms with Crippen LogP contribution in [0.25, 0.3) is 0 Å². The summed E-state index contributed by atoms with van der Waals surface area (Å²) in [5, 5.41) is 19.6. The molecule has 4 rings (SSSR count). The fraction of sp³-hybridized carbons (Fsp3) is 0.548. The second-order valence-corrected chi connectivity index (χ2v) is 11.7. The van der Waals surface area contributed by atoms with Crippen LogP contribution in [-0.4, -0.2) is 76.2 Å². The first-order valence-corrected chi connectivity index (χ1v) is 14.1. The van der Waals surface area contributed by atoms with Crippen LogP contribution in [0.3, 0.4) is 0 Å². The zero-order valence-corrected chi connectivity index (χ0v) is 24.3. The second kappa shape index (κ2) is 11.6. The number of hydrogen-bond donors (Lipinski definition) is 2. The number of aryl methyl sites for hydroxylation is 3. The predicted octanol–water partition coefficient (Wildman–Crippen LogP) is 5.15. The van der Waals surface area contributed by atoms with Crippen LogP contribution in [0, 0.1) is 26.2 Å². The molecule has 2 aliphatic heterocycles. The summed E-state index contributed by atoms with van der Waals surface area (Å²) in [6.45, 7) is 7.40. The highest BCUT2D eigenvalue weighted by atomic mass is 19.4. The molecule has 2 aromatic rings. The number of amides is 3. The molecule has 0 bridgehead atoms. The second-order valence-electron chi connectivity index (χ2n) is 11.7. The van der Waals surface area contributed by atoms with Crippen LogP contribution in [0.4, 0.5) is 18.0 Å². The van der Waals surface area contributed by atoms with Gasteiger partial charge in [0.15, 0.2) is 0 Å². The Bertz CT molecular complexity index is 1290. The van der Waals surface area contributed by atoms with Crippen LogP contribution >= 0.6 is 0 Å². The fourth-order valence-electron chi connectivity index (χ4n) is 6.69. The molecule has 0 aromatic heterocycles. The quantitative estimate of drug-likeness (QED) is 0.478. The number of nitrogens with zero attached hydrogens (tertiary/aromatic N) is 3. The van der Waals surface area contributed by atoms with Gasteiger partial charge in [0.05, 0.1) is 29.1 Å². The minimum absolute atomic E-state index is 0.117. The lowest BCUT2D eigenvalue weighted by molar-refractivity contribution is -0.140. The lowest BCUT2D eigenvalue weighted by Crippen LogP contribution is -2.57. The third kappa shape index (κ3) is 5.81. The van der Waals surface area contributed by atoms with Crippen molar-refractivity contribution in [3.8, 4) is 0 Å². The molecule has 2 aromatic carbocycles. The Labute approximate surface area is 239 Å². The average Bonchev–Trinajstić information content (AvgIpc) is 3.18. The standard InChI is InChI=1S/C31H40F3N3O4/c1-19-6-7-25(21(3)14-19)27-26-18-30(8-12-38,9-13-39)28(40)36(26)10-11-37(27)29(41)35(5)22(4)23-15-20(2)16-24(17-23)31(32,33)34/h6-7,14-17,22,26-27,38-39H,8-13,18H2,1-5H3/t22-,26+,27?/m1/s1. The first-order chi connectivity index (χ1) is 19.2. The SMILES string of the molecule is Cc1cc([C@@H](C)N(C)C(=O)N2CCN3C(=O)C(CCO)(CCO)C[C@H]3C2c2ccc(C)cc2C)cc(C(F)(F)F)c1. The minimum Gasteiger partial charge on any atom is -0.396 e. The maximum atomic E-state index is 14.2. The van der Waals surface area contributed by atoms with Crippen molar-refractivity contribution in [2.24, 2.45) is 5.41 Å². The van der Waals surface area contributed by atoms with Gasteiger partial charge in [-0.3, -0.25) is 4.79 Å². The minimum atomic E-state index is -4.50. The fourth-order valence-corrected chi connectivity index (χ4v) is 6.69. The predicted molar refractivity (Wildman–Crippen MR) is 149 cm³/mol. The summed E-state index contributed by atoms with van der Waals surface area (Å²) in [6, 6.07) is 7.95. The number of aliphatic hydroxyl groups is 2. The van der Waals surface area contributed by atoms with Gasteiger partial charge in [-0.25, -0.2) is 4.79 Å². The molecule has 0 spiro atoms. The van der Waals surface area contributed by atoms with E-state index in [0.717, 1.165) is 28.8 Å². The normalized spacial score (nSPS) is 21.2. The van der Waals surface area contributed by atoms with E-state index in [1.807, 2.05) is 32.0 Å². The first kappa shape index (κ1) is 30.8. The summed E-state index contributed by atoms with van der Waals surface area (Å²) in [4.78, 5) is 32.9. The Morgan fingerprint density at radius 3 is 2.29 bits per heavy atom. The van der Waals surface area contributed by atoms with Gasteiger partial charge in [0.1, 0.15) is 0 Å². The number of urea groups is 1. The molecule has 7 nitrogen and oxygen atoms in total. The van der Waals surface area contributed by atoms with Gasteiger partial charge in [0, 0.05) is 33.4 Å². The van der Waals surface area contributed by atoms with Gasteiger partial charge in [-0.2, -0.15) is 13.2 Å². The van der Waals surface area contributed by atoms with Gasteiger partial charge >= 0.3 is 12.2 Å². The summed E-state index contributed by atoms with van der Waals surface area (Å²) in [5.74, 6) is -0.117. The van der Waals surface area contributed by atoms with Gasteiger partial charge in [0.25, 0.3) is 0 Å². The molecule has 2 fully saturated rings. The van der Waals surface area contributed by atoms with Crippen LogP contribution in [0.2, 0.25) is 0 Å². The molecule has 41 heavy (non-hydrogen) atoms. The van der Waals surface area contributed by atoms with Crippen molar-refractivity contribution < 1.29 is 33.0 Å². The Morgan fingerprint density at radius 1 is 1.05 bits per heavy atom. The van der Waals surface area contributed by atoms with Gasteiger partial charge in [-0.05, 0) is 75.8 Å². The first-order valence-electron chi connectivity index (χ1n) is 14.1. The molecule has 0 saturated carbocycles. The Hall–Kier alpha value is -3.11. The van der Waals surface area contributed by atoms with Crippen LogP contribution in [0.15, 0.2) is 36.4 Å². The molecule has 2 aliphatic rings. The zero-order valence-electron chi connectivity index (χ0n) is 24.3. The molecule has 0 radical (unpaired) electrons. The molecule has 3 atom stereocenters. The molecule has 0 aliphatic carbocycles. The summed E-state index contributed by atoms with van der Waals surface area (Å²) >= 11 is 0. The molecular weight excluding hydrogens is 535 g/mol. The number of benzene rings is 2. The monoisotopic (exact) mass is 575 g/mol. The molecule has 1 unspecified atom stereocenters. The van der Waals surface area contributed by atoms with Crippen molar-refractivity contribution in [1.82, 2.24) is 14.7 Å². The van der Waals surface area contributed by atoms with E-state index in [1.165, 1.54) is 4.90 Å². The molecule has 2 heterocycles. The van der Waals surface area contributed by atoms with E-state index in [4.69, 9.17) is 0 Å². The van der Waals surface area contributed by atoms with Crippen molar-refractivity contribution in [3.05, 3.63) is 69.8 Å². The highest BCUT2D eigenvalue weighted by Crippen LogP contribution is 2.49. The van der Waals surface area contributed by atoms with Crippen LogP contribution in [0.5, 0.6) is 0 Å². The lowest BCUT2D eigenvalue weighted by Gasteiger charge is -2.47. The number of halogens is 3. The Balaban J connectivity index is 1.73. The van der Waals surface area contributed by atoms with Crippen LogP contribution in [0.1, 0.15) is 71.7 Å². The molecule has 3 amide bonds. The molecular formula is C31H40F3N3O4. The van der Waals surface area contributed by atoms with Crippen LogP contribution in [-0.2, 0) is 11.0 Å². The van der Waals surface area contributed by atoms with E-state index < -0.39 is 29.2 Å². The molecule has 224 valence electrons. The Kier molecular flexibility index (Phi) is 8.76. The smallest absolute Gasteiger partial charge is 0.396 e. The highest BCUT2D eigenvalue weighted by molar-refractivity contribution is 5.86.